The first-order valence-corrected chi connectivity index (χ1v) is 6.62. The maximum atomic E-state index is 11.3. The molecular formula is C13H13ClN4O3. The number of rotatable bonds is 3. The Morgan fingerprint density at radius 2 is 2.29 bits per heavy atom. The molecule has 0 aliphatic heterocycles. The minimum atomic E-state index is -0.359. The largest absolute Gasteiger partial charge is 0.343 e. The van der Waals surface area contributed by atoms with Crippen LogP contribution in [-0.4, -0.2) is 31.5 Å². The van der Waals surface area contributed by atoms with Gasteiger partial charge in [-0.15, -0.1) is 0 Å². The molecular weight excluding hydrogens is 296 g/mol. The smallest absolute Gasteiger partial charge is 0.258 e. The molecule has 0 spiro atoms. The molecule has 8 heteroatoms. The number of halogens is 1. The first-order valence-electron chi connectivity index (χ1n) is 6.29. The zero-order chi connectivity index (χ0) is 15.4. The van der Waals surface area contributed by atoms with Gasteiger partial charge in [0.1, 0.15) is 6.33 Å². The number of non-ortho nitro benzene ring substituents is 1. The molecule has 0 saturated carbocycles. The van der Waals surface area contributed by atoms with Crippen molar-refractivity contribution >= 4 is 23.5 Å². The summed E-state index contributed by atoms with van der Waals surface area (Å²) in [6, 6.07) is 4.93. The Morgan fingerprint density at radius 3 is 2.62 bits per heavy atom. The highest BCUT2D eigenvalue weighted by Crippen LogP contribution is 2.22. The number of carbonyl (C=O) groups is 1. The Bertz CT molecular complexity index is 745. The van der Waals surface area contributed by atoms with E-state index in [1.807, 2.05) is 13.0 Å². The summed E-state index contributed by atoms with van der Waals surface area (Å²) in [4.78, 5) is 24.7. The molecule has 1 amide bonds. The molecule has 0 N–H and O–H groups in total. The molecule has 110 valence electrons. The average molecular weight is 309 g/mol. The summed E-state index contributed by atoms with van der Waals surface area (Å²) in [7, 11) is 0. The van der Waals surface area contributed by atoms with Crippen molar-refractivity contribution in [2.75, 3.05) is 6.54 Å². The molecule has 1 heterocycles. The molecule has 0 aromatic carbocycles. The Hall–Kier alpha value is -2.41. The summed E-state index contributed by atoms with van der Waals surface area (Å²) in [6.07, 6.45) is 5.36. The van der Waals surface area contributed by atoms with Crippen molar-refractivity contribution < 1.29 is 9.72 Å². The van der Waals surface area contributed by atoms with Gasteiger partial charge in [-0.25, -0.2) is 14.2 Å². The fraction of sp³-hybridized carbons (Fsp3) is 0.231. The molecule has 2 aliphatic carbocycles. The van der Waals surface area contributed by atoms with E-state index in [1.54, 1.807) is 18.3 Å². The molecule has 7 nitrogen and oxygen atoms in total. The third kappa shape index (κ3) is 3.19. The van der Waals surface area contributed by atoms with Gasteiger partial charge >= 0.3 is 6.03 Å². The van der Waals surface area contributed by atoms with Crippen LogP contribution >= 0.6 is 11.8 Å². The molecule has 1 aromatic rings. The highest BCUT2D eigenvalue weighted by molar-refractivity contribution is 6.21. The summed E-state index contributed by atoms with van der Waals surface area (Å²) in [6.45, 7) is 2.50. The molecule has 1 aromatic heterocycles. The quantitative estimate of drug-likeness (QED) is 0.423. The van der Waals surface area contributed by atoms with Crippen molar-refractivity contribution in [1.82, 2.24) is 14.0 Å². The van der Waals surface area contributed by atoms with Crippen LogP contribution in [0.2, 0.25) is 0 Å². The summed E-state index contributed by atoms with van der Waals surface area (Å²) < 4.78 is 2.48. The number of nitro benzene ring substituents is 1. The summed E-state index contributed by atoms with van der Waals surface area (Å²) >= 11 is 5.66. The van der Waals surface area contributed by atoms with Crippen LogP contribution in [0.5, 0.6) is 0 Å². The average Bonchev–Trinajstić information content (AvgIpc) is 2.95. The van der Waals surface area contributed by atoms with E-state index in [-0.39, 0.29) is 16.6 Å². The number of benzene rings is 1. The third-order valence-electron chi connectivity index (χ3n) is 2.86. The molecule has 0 radical (unpaired) electrons. The molecule has 21 heavy (non-hydrogen) atoms. The number of hydrogen-bond donors (Lipinski definition) is 0. The highest BCUT2D eigenvalue weighted by Gasteiger charge is 2.15. The number of carbonyl (C=O) groups excluding carboxylic acids is 1. The van der Waals surface area contributed by atoms with Crippen molar-refractivity contribution in [3.05, 3.63) is 57.5 Å². The van der Waals surface area contributed by atoms with Crippen molar-refractivity contribution in [1.29, 1.82) is 0 Å². The van der Waals surface area contributed by atoms with Crippen molar-refractivity contribution in [2.45, 2.75) is 13.3 Å². The van der Waals surface area contributed by atoms with Crippen LogP contribution in [0, 0.1) is 20.6 Å². The second kappa shape index (κ2) is 6.36. The first kappa shape index (κ1) is 15.0. The van der Waals surface area contributed by atoms with Gasteiger partial charge in [-0.05, 0) is 17.7 Å². The van der Waals surface area contributed by atoms with Crippen LogP contribution in [0.25, 0.3) is 0 Å². The molecule has 0 bridgehead atoms. The van der Waals surface area contributed by atoms with Crippen LogP contribution in [0.4, 0.5) is 10.5 Å². The first-order chi connectivity index (χ1) is 10.0. The molecule has 0 atom stereocenters. The zero-order valence-corrected chi connectivity index (χ0v) is 12.0. The number of aromatic nitrogens is 2. The van der Waals surface area contributed by atoms with Crippen molar-refractivity contribution in [2.24, 2.45) is 0 Å². The van der Waals surface area contributed by atoms with E-state index in [0.717, 1.165) is 21.3 Å². The number of hydrogen-bond acceptors (Lipinski definition) is 4. The van der Waals surface area contributed by atoms with Crippen LogP contribution in [-0.2, 0) is 0 Å². The van der Waals surface area contributed by atoms with Gasteiger partial charge in [0, 0.05) is 36.8 Å². The molecule has 3 rings (SSSR count). The maximum absolute atomic E-state index is 11.3. The molecule has 2 aliphatic rings. The summed E-state index contributed by atoms with van der Waals surface area (Å²) in [5.74, 6) is 0. The number of nitro groups is 1. The van der Waals surface area contributed by atoms with Gasteiger partial charge in [-0.1, -0.05) is 13.0 Å². The lowest BCUT2D eigenvalue weighted by Crippen LogP contribution is -2.26. The van der Waals surface area contributed by atoms with Crippen LogP contribution in [0.1, 0.15) is 13.3 Å². The van der Waals surface area contributed by atoms with E-state index >= 15 is 0 Å². The minimum absolute atomic E-state index is 0.257. The SMILES string of the molecule is CCCN(Cl)C(=O)n1ccnc1.O=[N+]([O-])c1cc2ccc1=2. The van der Waals surface area contributed by atoms with Gasteiger partial charge in [-0.2, -0.15) is 0 Å². The molecule has 0 fully saturated rings. The van der Waals surface area contributed by atoms with E-state index in [1.165, 1.54) is 17.1 Å². The lowest BCUT2D eigenvalue weighted by atomic mass is 10.1. The third-order valence-corrected chi connectivity index (χ3v) is 3.17. The van der Waals surface area contributed by atoms with Crippen LogP contribution < -0.4 is 0 Å². The Morgan fingerprint density at radius 1 is 1.52 bits per heavy atom. The fourth-order valence-corrected chi connectivity index (χ4v) is 1.97. The van der Waals surface area contributed by atoms with E-state index in [0.29, 0.717) is 6.54 Å². The minimum Gasteiger partial charge on any atom is -0.258 e. The molecule has 0 unspecified atom stereocenters. The summed E-state index contributed by atoms with van der Waals surface area (Å²) in [5.41, 5.74) is 0.257. The Balaban J connectivity index is 0.000000159. The van der Waals surface area contributed by atoms with E-state index in [9.17, 15) is 14.9 Å². The second-order valence-corrected chi connectivity index (χ2v) is 4.74. The summed E-state index contributed by atoms with van der Waals surface area (Å²) in [5, 5.41) is 11.9. The van der Waals surface area contributed by atoms with E-state index < -0.39 is 0 Å². The van der Waals surface area contributed by atoms with E-state index in [2.05, 4.69) is 4.98 Å². The predicted octanol–water partition coefficient (Wildman–Crippen LogP) is 2.91. The van der Waals surface area contributed by atoms with Gasteiger partial charge in [0.25, 0.3) is 5.69 Å². The van der Waals surface area contributed by atoms with Gasteiger partial charge in [0.2, 0.25) is 0 Å². The Kier molecular flexibility index (Phi) is 4.54. The van der Waals surface area contributed by atoms with Crippen molar-refractivity contribution in [3.8, 4) is 0 Å². The highest BCUT2D eigenvalue weighted by atomic mass is 35.5. The van der Waals surface area contributed by atoms with Crippen LogP contribution in [0.3, 0.4) is 0 Å². The van der Waals surface area contributed by atoms with Gasteiger partial charge in [0.15, 0.2) is 0 Å². The number of nitrogens with zero attached hydrogens (tertiary/aromatic N) is 4. The zero-order valence-electron chi connectivity index (χ0n) is 11.3. The van der Waals surface area contributed by atoms with Crippen LogP contribution in [0.15, 0.2) is 36.9 Å². The predicted molar refractivity (Wildman–Crippen MR) is 76.6 cm³/mol. The van der Waals surface area contributed by atoms with Gasteiger partial charge in [-0.3, -0.25) is 14.7 Å². The lowest BCUT2D eigenvalue weighted by Gasteiger charge is -2.11. The maximum Gasteiger partial charge on any atom is 0.343 e. The normalized spacial score (nSPS) is 10.4. The van der Waals surface area contributed by atoms with E-state index in [4.69, 9.17) is 11.8 Å². The lowest BCUT2D eigenvalue weighted by molar-refractivity contribution is -0.386. The molecule has 0 saturated heterocycles. The second-order valence-electron chi connectivity index (χ2n) is 4.33. The number of imidazole rings is 1. The number of amides is 1. The Labute approximate surface area is 125 Å². The topological polar surface area (TPSA) is 81.3 Å². The van der Waals surface area contributed by atoms with Gasteiger partial charge in [0.05, 0.1) is 10.1 Å². The fourth-order valence-electron chi connectivity index (χ4n) is 1.71. The monoisotopic (exact) mass is 308 g/mol. The standard InChI is InChI=1S/C7H10ClN3O.C6H3NO2/c1-2-4-11(8)7(12)10-5-3-9-6-10;8-7(9)6-3-4-1-2-5(4)6/h3,5-6H,2,4H2,1H3;1-3H. The van der Waals surface area contributed by atoms with Gasteiger partial charge < -0.3 is 0 Å². The van der Waals surface area contributed by atoms with Crippen molar-refractivity contribution in [3.63, 3.8) is 0 Å².